The Hall–Kier alpha value is -4.39. The number of methoxy groups -OCH3 is 1. The molecule has 2 fully saturated rings. The molecule has 4 aromatic rings. The first-order valence-corrected chi connectivity index (χ1v) is 11.5. The third-order valence-corrected chi connectivity index (χ3v) is 6.54. The minimum Gasteiger partial charge on any atom is -0.465 e. The van der Waals surface area contributed by atoms with Crippen LogP contribution in [0.1, 0.15) is 39.3 Å². The zero-order chi connectivity index (χ0) is 25.7. The van der Waals surface area contributed by atoms with E-state index < -0.39 is 24.0 Å². The van der Waals surface area contributed by atoms with Crippen LogP contribution in [0.2, 0.25) is 0 Å². The molecule has 11 nitrogen and oxygen atoms in total. The SMILES string of the molecule is COC(=O)c1ccc(-n2cc(NC(=O)c3cnn4ccc(N5CC6C[C@@H]5CO6)nc34)c(C(F)F)n2)cc1. The second-order valence-electron chi connectivity index (χ2n) is 8.78. The lowest BCUT2D eigenvalue weighted by Crippen LogP contribution is -2.37. The highest BCUT2D eigenvalue weighted by atomic mass is 19.3. The zero-order valence-corrected chi connectivity index (χ0v) is 19.5. The molecular weight excluding hydrogens is 488 g/mol. The molecule has 2 atom stereocenters. The van der Waals surface area contributed by atoms with Gasteiger partial charge < -0.3 is 19.7 Å². The summed E-state index contributed by atoms with van der Waals surface area (Å²) in [5.41, 5.74) is 0.419. The molecule has 2 aliphatic heterocycles. The van der Waals surface area contributed by atoms with Crippen LogP contribution in [0.3, 0.4) is 0 Å². The van der Waals surface area contributed by atoms with Gasteiger partial charge in [0.05, 0.1) is 55.2 Å². The van der Waals surface area contributed by atoms with Gasteiger partial charge in [-0.2, -0.15) is 10.2 Å². The van der Waals surface area contributed by atoms with Gasteiger partial charge in [0, 0.05) is 12.7 Å². The fourth-order valence-corrected chi connectivity index (χ4v) is 4.69. The molecule has 0 spiro atoms. The summed E-state index contributed by atoms with van der Waals surface area (Å²) in [6.07, 6.45) is 2.52. The number of carbonyl (C=O) groups excluding carboxylic acids is 2. The molecule has 3 aromatic heterocycles. The maximum atomic E-state index is 13.8. The van der Waals surface area contributed by atoms with Gasteiger partial charge in [0.2, 0.25) is 0 Å². The molecule has 2 bridgehead atoms. The van der Waals surface area contributed by atoms with E-state index in [0.29, 0.717) is 29.3 Å². The first kappa shape index (κ1) is 23.0. The fourth-order valence-electron chi connectivity index (χ4n) is 4.69. The standard InChI is InChI=1S/C24H21F2N7O4/c1-36-24(35)13-2-4-14(5-3-13)33-11-18(20(30-33)21(25)26)28-23(34)17-9-27-32-7-6-19(29-22(17)32)31-10-16-8-15(31)12-37-16/h2-7,9,11,15-16,21H,8,10,12H2,1H3,(H,28,34)/t15-,16?/m1/s1. The predicted octanol–water partition coefficient (Wildman–Crippen LogP) is 2.87. The van der Waals surface area contributed by atoms with E-state index in [2.05, 4.69) is 30.1 Å². The van der Waals surface area contributed by atoms with Crippen molar-refractivity contribution in [2.75, 3.05) is 30.5 Å². The van der Waals surface area contributed by atoms with Crippen molar-refractivity contribution in [3.63, 3.8) is 0 Å². The van der Waals surface area contributed by atoms with Crippen molar-refractivity contribution < 1.29 is 27.8 Å². The Morgan fingerprint density at radius 1 is 1.22 bits per heavy atom. The van der Waals surface area contributed by atoms with Gasteiger partial charge in [0.25, 0.3) is 12.3 Å². The lowest BCUT2D eigenvalue weighted by molar-refractivity contribution is 0.0600. The summed E-state index contributed by atoms with van der Waals surface area (Å²) in [6, 6.07) is 8.11. The maximum Gasteiger partial charge on any atom is 0.337 e. The Morgan fingerprint density at radius 3 is 2.70 bits per heavy atom. The van der Waals surface area contributed by atoms with Gasteiger partial charge in [-0.15, -0.1) is 0 Å². The summed E-state index contributed by atoms with van der Waals surface area (Å²) < 4.78 is 40.6. The second-order valence-corrected chi connectivity index (χ2v) is 8.78. The predicted molar refractivity (Wildman–Crippen MR) is 126 cm³/mol. The monoisotopic (exact) mass is 509 g/mol. The highest BCUT2D eigenvalue weighted by Crippen LogP contribution is 2.32. The van der Waals surface area contributed by atoms with Gasteiger partial charge in [-0.3, -0.25) is 4.79 Å². The summed E-state index contributed by atoms with van der Waals surface area (Å²) in [4.78, 5) is 31.6. The number of hydrogen-bond donors (Lipinski definition) is 1. The summed E-state index contributed by atoms with van der Waals surface area (Å²) in [7, 11) is 1.26. The molecule has 1 amide bonds. The average Bonchev–Trinajstić information content (AvgIpc) is 3.71. The smallest absolute Gasteiger partial charge is 0.337 e. The van der Waals surface area contributed by atoms with Crippen molar-refractivity contribution in [3.05, 3.63) is 65.7 Å². The molecule has 37 heavy (non-hydrogen) atoms. The lowest BCUT2D eigenvalue weighted by atomic mass is 10.2. The van der Waals surface area contributed by atoms with Crippen LogP contribution in [0, 0.1) is 0 Å². The van der Waals surface area contributed by atoms with Gasteiger partial charge in [0.1, 0.15) is 11.4 Å². The van der Waals surface area contributed by atoms with Crippen LogP contribution < -0.4 is 10.2 Å². The third-order valence-electron chi connectivity index (χ3n) is 6.54. The summed E-state index contributed by atoms with van der Waals surface area (Å²) in [6.45, 7) is 1.36. The number of rotatable bonds is 6. The molecule has 0 saturated carbocycles. The number of halogens is 2. The number of hydrogen-bond acceptors (Lipinski definition) is 8. The number of fused-ring (bicyclic) bond motifs is 3. The van der Waals surface area contributed by atoms with Crippen molar-refractivity contribution in [1.29, 1.82) is 0 Å². The Bertz CT molecular complexity index is 1500. The van der Waals surface area contributed by atoms with Gasteiger partial charge in [-0.05, 0) is 36.8 Å². The number of nitrogens with zero attached hydrogens (tertiary/aromatic N) is 6. The van der Waals surface area contributed by atoms with Crippen LogP contribution in [-0.4, -0.2) is 68.7 Å². The molecular formula is C24H21F2N7O4. The summed E-state index contributed by atoms with van der Waals surface area (Å²) in [5.74, 6) is -0.466. The van der Waals surface area contributed by atoms with E-state index in [1.807, 2.05) is 6.07 Å². The molecule has 1 unspecified atom stereocenters. The Labute approximate surface area is 208 Å². The molecule has 1 aromatic carbocycles. The number of carbonyl (C=O) groups is 2. The van der Waals surface area contributed by atoms with Gasteiger partial charge in [-0.1, -0.05) is 0 Å². The molecule has 13 heteroatoms. The Kier molecular flexibility index (Phi) is 5.56. The molecule has 0 radical (unpaired) electrons. The van der Waals surface area contributed by atoms with E-state index in [9.17, 15) is 18.4 Å². The number of ether oxygens (including phenoxy) is 2. The normalized spacial score (nSPS) is 18.6. The van der Waals surface area contributed by atoms with Crippen molar-refractivity contribution in [1.82, 2.24) is 24.4 Å². The number of aromatic nitrogens is 5. The molecule has 2 aliphatic rings. The van der Waals surface area contributed by atoms with Crippen molar-refractivity contribution in [3.8, 4) is 5.69 Å². The molecule has 2 saturated heterocycles. The topological polar surface area (TPSA) is 116 Å². The van der Waals surface area contributed by atoms with Crippen LogP contribution in [0.15, 0.2) is 48.9 Å². The largest absolute Gasteiger partial charge is 0.465 e. The first-order valence-electron chi connectivity index (χ1n) is 11.5. The van der Waals surface area contributed by atoms with Crippen LogP contribution in [-0.2, 0) is 9.47 Å². The minimum absolute atomic E-state index is 0.137. The second kappa shape index (κ2) is 8.92. The molecule has 5 heterocycles. The van der Waals surface area contributed by atoms with Gasteiger partial charge >= 0.3 is 5.97 Å². The van der Waals surface area contributed by atoms with Crippen LogP contribution in [0.25, 0.3) is 11.3 Å². The van der Waals surface area contributed by atoms with Crippen molar-refractivity contribution in [2.45, 2.75) is 25.0 Å². The van der Waals surface area contributed by atoms with Crippen molar-refractivity contribution >= 4 is 29.0 Å². The molecule has 1 N–H and O–H groups in total. The highest BCUT2D eigenvalue weighted by molar-refractivity contribution is 6.08. The third kappa shape index (κ3) is 4.06. The first-order chi connectivity index (χ1) is 17.9. The van der Waals surface area contributed by atoms with E-state index in [1.165, 1.54) is 53.0 Å². The van der Waals surface area contributed by atoms with E-state index in [4.69, 9.17) is 4.74 Å². The zero-order valence-electron chi connectivity index (χ0n) is 19.5. The summed E-state index contributed by atoms with van der Waals surface area (Å²) in [5, 5.41) is 10.6. The Morgan fingerprint density at radius 2 is 2.03 bits per heavy atom. The minimum atomic E-state index is -2.94. The van der Waals surface area contributed by atoms with Gasteiger partial charge in [-0.25, -0.2) is 27.8 Å². The van der Waals surface area contributed by atoms with Crippen LogP contribution in [0.4, 0.5) is 20.3 Å². The van der Waals surface area contributed by atoms with E-state index >= 15 is 0 Å². The molecule has 190 valence electrons. The van der Waals surface area contributed by atoms with Gasteiger partial charge in [0.15, 0.2) is 11.3 Å². The van der Waals surface area contributed by atoms with E-state index in [1.54, 1.807) is 6.20 Å². The number of esters is 1. The highest BCUT2D eigenvalue weighted by Gasteiger charge is 2.39. The van der Waals surface area contributed by atoms with Crippen LogP contribution in [0.5, 0.6) is 0 Å². The fraction of sp³-hybridized carbons (Fsp3) is 0.292. The maximum absolute atomic E-state index is 13.8. The number of alkyl halides is 2. The number of nitrogens with one attached hydrogen (secondary N) is 1. The van der Waals surface area contributed by atoms with Crippen LogP contribution >= 0.6 is 0 Å². The number of morpholine rings is 1. The van der Waals surface area contributed by atoms with E-state index in [0.717, 1.165) is 13.0 Å². The number of amides is 1. The molecule has 6 rings (SSSR count). The number of benzene rings is 1. The Balaban J connectivity index is 1.28. The lowest BCUT2D eigenvalue weighted by Gasteiger charge is -2.27. The van der Waals surface area contributed by atoms with Crippen molar-refractivity contribution in [2.24, 2.45) is 0 Å². The molecule has 0 aliphatic carbocycles. The summed E-state index contributed by atoms with van der Waals surface area (Å²) >= 11 is 0. The van der Waals surface area contributed by atoms with E-state index in [-0.39, 0.29) is 23.4 Å². The quantitative estimate of drug-likeness (QED) is 0.395. The average molecular weight is 509 g/mol. The number of anilines is 2.